The lowest BCUT2D eigenvalue weighted by Gasteiger charge is -2.17. The lowest BCUT2D eigenvalue weighted by molar-refractivity contribution is -0.120. The Morgan fingerprint density at radius 3 is 2.62 bits per heavy atom. The number of unbranched alkanes of at least 4 members (excludes halogenated alkanes) is 3. The molecule has 152 valence electrons. The van der Waals surface area contributed by atoms with Crippen LogP contribution in [0.25, 0.3) is 11.0 Å². The maximum atomic E-state index is 13.1. The van der Waals surface area contributed by atoms with Crippen LogP contribution in [0.3, 0.4) is 0 Å². The summed E-state index contributed by atoms with van der Waals surface area (Å²) in [5, 5.41) is 3.83. The molecule has 0 spiro atoms. The van der Waals surface area contributed by atoms with Gasteiger partial charge in [-0.2, -0.15) is 0 Å². The fraction of sp³-hybridized carbons (Fsp3) is 0.417. The first-order valence-electron chi connectivity index (χ1n) is 10.7. The van der Waals surface area contributed by atoms with Crippen LogP contribution in [0.1, 0.15) is 56.3 Å². The summed E-state index contributed by atoms with van der Waals surface area (Å²) in [4.78, 5) is 18.0. The molecule has 1 fully saturated rings. The zero-order valence-electron chi connectivity index (χ0n) is 17.0. The van der Waals surface area contributed by atoms with Crippen LogP contribution in [-0.4, -0.2) is 21.5 Å². The van der Waals surface area contributed by atoms with Crippen molar-refractivity contribution in [3.05, 3.63) is 60.2 Å². The number of rotatable bonds is 10. The second kappa shape index (κ2) is 9.49. The number of aryl methyl sites for hydroxylation is 1. The first-order valence-corrected chi connectivity index (χ1v) is 11.6. The number of amides is 1. The topological polar surface area (TPSA) is 46.9 Å². The number of nitrogens with one attached hydrogen (secondary N) is 1. The van der Waals surface area contributed by atoms with Crippen LogP contribution < -0.4 is 5.32 Å². The number of thioether (sulfide) groups is 1. The van der Waals surface area contributed by atoms with E-state index in [2.05, 4.69) is 35.0 Å². The molecule has 1 aliphatic carbocycles. The van der Waals surface area contributed by atoms with Gasteiger partial charge in [0.1, 0.15) is 5.25 Å². The molecular weight excluding hydrogens is 378 g/mol. The number of nitrogens with zero attached hydrogens (tertiary/aromatic N) is 2. The first kappa shape index (κ1) is 20.0. The molecule has 0 aliphatic heterocycles. The van der Waals surface area contributed by atoms with Gasteiger partial charge in [0, 0.05) is 12.6 Å². The Morgan fingerprint density at radius 2 is 1.86 bits per heavy atom. The van der Waals surface area contributed by atoms with Crippen molar-refractivity contribution >= 4 is 28.7 Å². The van der Waals surface area contributed by atoms with Gasteiger partial charge in [-0.25, -0.2) is 4.98 Å². The fourth-order valence-corrected chi connectivity index (χ4v) is 4.71. The number of carbonyl (C=O) groups excluding carboxylic acids is 1. The summed E-state index contributed by atoms with van der Waals surface area (Å²) >= 11 is 1.58. The number of fused-ring (bicyclic) bond motifs is 1. The Morgan fingerprint density at radius 1 is 1.10 bits per heavy atom. The lowest BCUT2D eigenvalue weighted by atomic mass is 10.1. The van der Waals surface area contributed by atoms with Crippen molar-refractivity contribution in [1.29, 1.82) is 0 Å². The second-order valence-electron chi connectivity index (χ2n) is 7.79. The Kier molecular flexibility index (Phi) is 6.55. The molecule has 0 saturated heterocycles. The van der Waals surface area contributed by atoms with Crippen LogP contribution in [0.2, 0.25) is 0 Å². The third-order valence-electron chi connectivity index (χ3n) is 5.34. The van der Waals surface area contributed by atoms with Crippen molar-refractivity contribution in [3.63, 3.8) is 0 Å². The van der Waals surface area contributed by atoms with Gasteiger partial charge in [-0.05, 0) is 37.0 Å². The van der Waals surface area contributed by atoms with E-state index >= 15 is 0 Å². The predicted molar refractivity (Wildman–Crippen MR) is 120 cm³/mol. The van der Waals surface area contributed by atoms with E-state index in [1.54, 1.807) is 11.8 Å². The molecule has 5 heteroatoms. The standard InChI is InChI=1S/C24H29N3OS/c1-2-3-4-10-17-27-21-14-9-8-13-20(21)26-24(27)29-22(18-11-6-5-7-12-18)23(28)25-19-15-16-19/h5-9,11-14,19,22H,2-4,10,15-17H2,1H3,(H,25,28). The molecule has 1 unspecified atom stereocenters. The average Bonchev–Trinajstić information content (AvgIpc) is 3.49. The highest BCUT2D eigenvalue weighted by molar-refractivity contribution is 8.00. The van der Waals surface area contributed by atoms with Crippen molar-refractivity contribution in [2.75, 3.05) is 0 Å². The molecule has 4 rings (SSSR count). The van der Waals surface area contributed by atoms with Gasteiger partial charge in [0.15, 0.2) is 5.16 Å². The minimum atomic E-state index is -0.289. The van der Waals surface area contributed by atoms with E-state index in [1.165, 1.54) is 19.3 Å². The molecule has 1 N–H and O–H groups in total. The molecule has 1 saturated carbocycles. The summed E-state index contributed by atoms with van der Waals surface area (Å²) in [5.41, 5.74) is 3.18. The maximum Gasteiger partial charge on any atom is 0.238 e. The summed E-state index contributed by atoms with van der Waals surface area (Å²) in [6, 6.07) is 18.7. The fourth-order valence-electron chi connectivity index (χ4n) is 3.57. The number of benzene rings is 2. The van der Waals surface area contributed by atoms with E-state index in [9.17, 15) is 4.79 Å². The summed E-state index contributed by atoms with van der Waals surface area (Å²) in [7, 11) is 0. The molecule has 1 amide bonds. The molecule has 0 bridgehead atoms. The van der Waals surface area contributed by atoms with Gasteiger partial charge < -0.3 is 9.88 Å². The summed E-state index contributed by atoms with van der Waals surface area (Å²) < 4.78 is 2.30. The number of aromatic nitrogens is 2. The highest BCUT2D eigenvalue weighted by Crippen LogP contribution is 2.37. The minimum absolute atomic E-state index is 0.0910. The van der Waals surface area contributed by atoms with Crippen LogP contribution in [-0.2, 0) is 11.3 Å². The van der Waals surface area contributed by atoms with E-state index in [0.29, 0.717) is 6.04 Å². The molecule has 29 heavy (non-hydrogen) atoms. The van der Waals surface area contributed by atoms with Crippen molar-refractivity contribution in [2.45, 2.75) is 68.4 Å². The van der Waals surface area contributed by atoms with Gasteiger partial charge in [0.25, 0.3) is 0 Å². The molecule has 2 aromatic carbocycles. The van der Waals surface area contributed by atoms with Crippen LogP contribution in [0.5, 0.6) is 0 Å². The highest BCUT2D eigenvalue weighted by atomic mass is 32.2. The monoisotopic (exact) mass is 407 g/mol. The van der Waals surface area contributed by atoms with E-state index in [1.807, 2.05) is 36.4 Å². The van der Waals surface area contributed by atoms with E-state index in [4.69, 9.17) is 4.98 Å². The Balaban J connectivity index is 1.62. The smallest absolute Gasteiger partial charge is 0.238 e. The van der Waals surface area contributed by atoms with Crippen LogP contribution in [0, 0.1) is 0 Å². The zero-order chi connectivity index (χ0) is 20.1. The maximum absolute atomic E-state index is 13.1. The van der Waals surface area contributed by atoms with E-state index in [-0.39, 0.29) is 11.2 Å². The van der Waals surface area contributed by atoms with Gasteiger partial charge in [0.2, 0.25) is 5.91 Å². The average molecular weight is 408 g/mol. The Hall–Kier alpha value is -2.27. The van der Waals surface area contributed by atoms with Crippen molar-refractivity contribution in [1.82, 2.24) is 14.9 Å². The number of carbonyl (C=O) groups is 1. The third kappa shape index (κ3) is 5.02. The van der Waals surface area contributed by atoms with Gasteiger partial charge in [-0.15, -0.1) is 0 Å². The first-order chi connectivity index (χ1) is 14.3. The molecule has 0 radical (unpaired) electrons. The highest BCUT2D eigenvalue weighted by Gasteiger charge is 2.30. The Labute approximate surface area is 177 Å². The molecule has 1 heterocycles. The van der Waals surface area contributed by atoms with Crippen LogP contribution in [0.4, 0.5) is 0 Å². The van der Waals surface area contributed by atoms with Crippen molar-refractivity contribution in [3.8, 4) is 0 Å². The van der Waals surface area contributed by atoms with Crippen molar-refractivity contribution < 1.29 is 4.79 Å². The third-order valence-corrected chi connectivity index (χ3v) is 6.59. The summed E-state index contributed by atoms with van der Waals surface area (Å²) in [6.45, 7) is 3.17. The van der Waals surface area contributed by atoms with Gasteiger partial charge in [0.05, 0.1) is 11.0 Å². The molecule has 4 nitrogen and oxygen atoms in total. The minimum Gasteiger partial charge on any atom is -0.352 e. The summed E-state index contributed by atoms with van der Waals surface area (Å²) in [5.74, 6) is 0.0910. The van der Waals surface area contributed by atoms with Crippen LogP contribution >= 0.6 is 11.8 Å². The number of hydrogen-bond donors (Lipinski definition) is 1. The number of imidazole rings is 1. The number of para-hydroxylation sites is 2. The van der Waals surface area contributed by atoms with Gasteiger partial charge >= 0.3 is 0 Å². The second-order valence-corrected chi connectivity index (χ2v) is 8.86. The molecular formula is C24H29N3OS. The Bertz CT molecular complexity index is 949. The SMILES string of the molecule is CCCCCCn1c(SC(C(=O)NC2CC2)c2ccccc2)nc2ccccc21. The normalized spacial score (nSPS) is 14.8. The molecule has 1 aliphatic rings. The largest absolute Gasteiger partial charge is 0.352 e. The molecule has 1 aromatic heterocycles. The zero-order valence-corrected chi connectivity index (χ0v) is 17.8. The van der Waals surface area contributed by atoms with E-state index in [0.717, 1.165) is 47.6 Å². The number of hydrogen-bond acceptors (Lipinski definition) is 3. The quantitative estimate of drug-likeness (QED) is 0.345. The van der Waals surface area contributed by atoms with Crippen molar-refractivity contribution in [2.24, 2.45) is 0 Å². The van der Waals surface area contributed by atoms with Gasteiger partial charge in [-0.1, -0.05) is 80.4 Å². The summed E-state index contributed by atoms with van der Waals surface area (Å²) in [6.07, 6.45) is 7.01. The molecule has 3 aromatic rings. The van der Waals surface area contributed by atoms with Crippen LogP contribution in [0.15, 0.2) is 59.8 Å². The van der Waals surface area contributed by atoms with E-state index < -0.39 is 0 Å². The molecule has 1 atom stereocenters. The predicted octanol–water partition coefficient (Wildman–Crippen LogP) is 5.73. The van der Waals surface area contributed by atoms with Gasteiger partial charge in [-0.3, -0.25) is 4.79 Å². The lowest BCUT2D eigenvalue weighted by Crippen LogP contribution is -2.30.